The van der Waals surface area contributed by atoms with E-state index in [0.29, 0.717) is 39.7 Å². The van der Waals surface area contributed by atoms with E-state index in [2.05, 4.69) is 0 Å². The number of hydrogen-bond acceptors (Lipinski definition) is 8. The van der Waals surface area contributed by atoms with Crippen molar-refractivity contribution in [1.29, 1.82) is 0 Å². The van der Waals surface area contributed by atoms with E-state index < -0.39 is 17.4 Å². The van der Waals surface area contributed by atoms with Crippen molar-refractivity contribution in [3.8, 4) is 39.9 Å². The largest absolute Gasteiger partial charge is 0.493 e. The number of benzene rings is 3. The summed E-state index contributed by atoms with van der Waals surface area (Å²) < 4.78 is 32.9. The van der Waals surface area contributed by atoms with Crippen LogP contribution in [0.4, 0.5) is 0 Å². The molecule has 9 heteroatoms. The van der Waals surface area contributed by atoms with Crippen molar-refractivity contribution in [3.63, 3.8) is 0 Å². The van der Waals surface area contributed by atoms with Gasteiger partial charge in [-0.15, -0.1) is 0 Å². The van der Waals surface area contributed by atoms with Gasteiger partial charge in [-0.3, -0.25) is 0 Å². The summed E-state index contributed by atoms with van der Waals surface area (Å²) in [6.07, 6.45) is 0. The van der Waals surface area contributed by atoms with Crippen molar-refractivity contribution in [3.05, 3.63) is 76.3 Å². The summed E-state index contributed by atoms with van der Waals surface area (Å²) in [4.78, 5) is 25.0. The zero-order valence-electron chi connectivity index (χ0n) is 20.1. The first-order valence-electron chi connectivity index (χ1n) is 10.8. The molecule has 0 aliphatic carbocycles. The van der Waals surface area contributed by atoms with E-state index in [-0.39, 0.29) is 17.6 Å². The molecular formula is C27H24O9. The van der Waals surface area contributed by atoms with Gasteiger partial charge in [0.1, 0.15) is 6.61 Å². The van der Waals surface area contributed by atoms with E-state index in [1.807, 2.05) is 30.3 Å². The van der Waals surface area contributed by atoms with E-state index in [4.69, 9.17) is 28.1 Å². The first kappa shape index (κ1) is 24.5. The van der Waals surface area contributed by atoms with E-state index in [0.717, 1.165) is 5.56 Å². The Morgan fingerprint density at radius 2 is 1.42 bits per heavy atom. The zero-order chi connectivity index (χ0) is 25.8. The summed E-state index contributed by atoms with van der Waals surface area (Å²) in [6.45, 7) is 0.237. The number of carboxylic acids is 1. The lowest BCUT2D eigenvalue weighted by Crippen LogP contribution is -2.10. The Bertz CT molecular complexity index is 1450. The van der Waals surface area contributed by atoms with Gasteiger partial charge in [-0.2, -0.15) is 0 Å². The average Bonchev–Trinajstić information content (AvgIpc) is 2.90. The minimum atomic E-state index is -1.42. The normalized spacial score (nSPS) is 10.7. The van der Waals surface area contributed by atoms with Gasteiger partial charge in [0.15, 0.2) is 23.0 Å². The Morgan fingerprint density at radius 1 is 0.806 bits per heavy atom. The highest BCUT2D eigenvalue weighted by molar-refractivity contribution is 6.06. The predicted octanol–water partition coefficient (Wildman–Crippen LogP) is 4.77. The maximum Gasteiger partial charge on any atom is 0.372 e. The molecule has 0 fully saturated rings. The molecule has 3 aromatic carbocycles. The van der Waals surface area contributed by atoms with E-state index in [1.165, 1.54) is 34.5 Å². The van der Waals surface area contributed by atoms with Gasteiger partial charge in [0.25, 0.3) is 0 Å². The van der Waals surface area contributed by atoms with Gasteiger partial charge in [-0.05, 0) is 35.4 Å². The fraction of sp³-hybridized carbons (Fsp3) is 0.185. The number of carboxylic acid groups (broad SMARTS) is 1. The minimum Gasteiger partial charge on any atom is -0.493 e. The van der Waals surface area contributed by atoms with Gasteiger partial charge in [-0.25, -0.2) is 9.59 Å². The smallest absolute Gasteiger partial charge is 0.372 e. The Kier molecular flexibility index (Phi) is 7.00. The van der Waals surface area contributed by atoms with Crippen LogP contribution in [-0.2, 0) is 6.61 Å². The highest BCUT2D eigenvalue weighted by Crippen LogP contribution is 2.44. The molecule has 0 bridgehead atoms. The zero-order valence-corrected chi connectivity index (χ0v) is 20.1. The van der Waals surface area contributed by atoms with E-state index >= 15 is 0 Å². The molecule has 1 aromatic heterocycles. The van der Waals surface area contributed by atoms with Crippen molar-refractivity contribution in [2.45, 2.75) is 6.61 Å². The van der Waals surface area contributed by atoms with Crippen LogP contribution in [0.15, 0.2) is 63.8 Å². The molecule has 0 saturated heterocycles. The van der Waals surface area contributed by atoms with Gasteiger partial charge in [-0.1, -0.05) is 30.3 Å². The quantitative estimate of drug-likeness (QED) is 0.353. The van der Waals surface area contributed by atoms with Crippen LogP contribution >= 0.6 is 0 Å². The van der Waals surface area contributed by atoms with Crippen LogP contribution in [0.3, 0.4) is 0 Å². The summed E-state index contributed by atoms with van der Waals surface area (Å²) in [6, 6.07) is 15.7. The van der Waals surface area contributed by atoms with Gasteiger partial charge < -0.3 is 33.2 Å². The van der Waals surface area contributed by atoms with Crippen molar-refractivity contribution in [2.75, 3.05) is 28.4 Å². The third-order valence-corrected chi connectivity index (χ3v) is 5.60. The summed E-state index contributed by atoms with van der Waals surface area (Å²) in [7, 11) is 5.81. The molecule has 0 atom stereocenters. The van der Waals surface area contributed by atoms with Crippen LogP contribution in [0, 0.1) is 0 Å². The maximum atomic E-state index is 12.9. The van der Waals surface area contributed by atoms with Crippen molar-refractivity contribution in [2.24, 2.45) is 0 Å². The average molecular weight is 492 g/mol. The first-order valence-corrected chi connectivity index (χ1v) is 10.8. The summed E-state index contributed by atoms with van der Waals surface area (Å²) >= 11 is 0. The topological polar surface area (TPSA) is 114 Å². The van der Waals surface area contributed by atoms with Crippen LogP contribution in [0.25, 0.3) is 21.9 Å². The van der Waals surface area contributed by atoms with Gasteiger partial charge in [0.2, 0.25) is 11.5 Å². The van der Waals surface area contributed by atoms with Crippen molar-refractivity contribution in [1.82, 2.24) is 0 Å². The standard InChI is InChI=1S/C27H24O9/c1-31-19-12-17-18(13-20(19)35-14-15-8-6-5-7-9-15)27(30)36-25(26(28)29)23(17)16-10-21(32-2)24(34-4)22(11-16)33-3/h5-13H,14H2,1-4H3,(H,28,29). The number of rotatable bonds is 9. The van der Waals surface area contributed by atoms with E-state index in [9.17, 15) is 14.7 Å². The third-order valence-electron chi connectivity index (χ3n) is 5.60. The maximum absolute atomic E-state index is 12.9. The Hall–Kier alpha value is -4.66. The molecule has 36 heavy (non-hydrogen) atoms. The second kappa shape index (κ2) is 10.3. The molecule has 0 radical (unpaired) electrons. The third kappa shape index (κ3) is 4.50. The number of methoxy groups -OCH3 is 4. The van der Waals surface area contributed by atoms with Crippen molar-refractivity contribution >= 4 is 16.7 Å². The fourth-order valence-corrected chi connectivity index (χ4v) is 3.93. The summed E-state index contributed by atoms with van der Waals surface area (Å²) in [5.74, 6) is -0.400. The Balaban J connectivity index is 1.97. The molecule has 0 saturated carbocycles. The second-order valence-electron chi connectivity index (χ2n) is 7.64. The molecule has 0 amide bonds. The van der Waals surface area contributed by atoms with Crippen molar-refractivity contribution < 1.29 is 38.0 Å². The summed E-state index contributed by atoms with van der Waals surface area (Å²) in [5.41, 5.74) is 0.608. The lowest BCUT2D eigenvalue weighted by molar-refractivity contribution is 0.0659. The highest BCUT2D eigenvalue weighted by Gasteiger charge is 2.25. The molecule has 0 aliphatic rings. The van der Waals surface area contributed by atoms with E-state index in [1.54, 1.807) is 18.2 Å². The number of ether oxygens (including phenoxy) is 5. The second-order valence-corrected chi connectivity index (χ2v) is 7.64. The molecule has 0 unspecified atom stereocenters. The SMILES string of the molecule is COc1cc2c(-c3cc(OC)c(OC)c(OC)c3)c(C(=O)O)oc(=O)c2cc1OCc1ccccc1. The monoisotopic (exact) mass is 492 g/mol. The lowest BCUT2D eigenvalue weighted by Gasteiger charge is -2.17. The van der Waals surface area contributed by atoms with Gasteiger partial charge in [0, 0.05) is 10.9 Å². The lowest BCUT2D eigenvalue weighted by atomic mass is 9.97. The van der Waals surface area contributed by atoms with Gasteiger partial charge in [0.05, 0.1) is 33.8 Å². The van der Waals surface area contributed by atoms with Crippen LogP contribution in [0.1, 0.15) is 16.1 Å². The Labute approximate surface area is 206 Å². The molecule has 186 valence electrons. The molecular weight excluding hydrogens is 468 g/mol. The van der Waals surface area contributed by atoms with Gasteiger partial charge >= 0.3 is 11.6 Å². The molecule has 9 nitrogen and oxygen atoms in total. The first-order chi connectivity index (χ1) is 17.4. The number of fused-ring (bicyclic) bond motifs is 1. The number of aromatic carboxylic acids is 1. The molecule has 1 N–H and O–H groups in total. The van der Waals surface area contributed by atoms with Crippen LogP contribution < -0.4 is 29.3 Å². The minimum absolute atomic E-state index is 0.118. The number of carbonyl (C=O) groups is 1. The predicted molar refractivity (Wildman–Crippen MR) is 132 cm³/mol. The molecule has 4 rings (SSSR count). The molecule has 0 spiro atoms. The summed E-state index contributed by atoms with van der Waals surface area (Å²) in [5, 5.41) is 10.3. The highest BCUT2D eigenvalue weighted by atomic mass is 16.5. The molecule has 1 heterocycles. The number of hydrogen-bond donors (Lipinski definition) is 1. The van der Waals surface area contributed by atoms with Crippen LogP contribution in [0.5, 0.6) is 28.7 Å². The van der Waals surface area contributed by atoms with Crippen LogP contribution in [0.2, 0.25) is 0 Å². The fourth-order valence-electron chi connectivity index (χ4n) is 3.93. The molecule has 0 aliphatic heterocycles. The Morgan fingerprint density at radius 3 is 1.97 bits per heavy atom. The van der Waals surface area contributed by atoms with Crippen LogP contribution in [-0.4, -0.2) is 39.5 Å². The molecule has 4 aromatic rings.